The van der Waals surface area contributed by atoms with Gasteiger partial charge in [-0.15, -0.1) is 0 Å². The van der Waals surface area contributed by atoms with E-state index in [9.17, 15) is 4.79 Å². The number of carbonyl (C=O) groups excluding carboxylic acids is 1. The van der Waals surface area contributed by atoms with E-state index in [1.54, 1.807) is 6.07 Å². The summed E-state index contributed by atoms with van der Waals surface area (Å²) >= 11 is 0. The third kappa shape index (κ3) is 4.25. The van der Waals surface area contributed by atoms with Crippen molar-refractivity contribution in [2.75, 3.05) is 13.1 Å². The van der Waals surface area contributed by atoms with Crippen LogP contribution in [0.1, 0.15) is 46.4 Å². The van der Waals surface area contributed by atoms with Crippen molar-refractivity contribution in [3.05, 3.63) is 71.8 Å². The summed E-state index contributed by atoms with van der Waals surface area (Å²) in [6.07, 6.45) is 4.82. The van der Waals surface area contributed by atoms with E-state index < -0.39 is 0 Å². The van der Waals surface area contributed by atoms with Crippen LogP contribution in [0.25, 0.3) is 0 Å². The van der Waals surface area contributed by atoms with Crippen molar-refractivity contribution in [1.82, 2.24) is 15.0 Å². The number of likely N-dealkylation sites (tertiary alicyclic amines) is 1. The van der Waals surface area contributed by atoms with Crippen LogP contribution in [0.4, 0.5) is 0 Å². The maximum Gasteiger partial charge on any atom is 0.257 e. The number of benzene rings is 1. The Hall–Kier alpha value is -2.93. The van der Waals surface area contributed by atoms with E-state index >= 15 is 0 Å². The zero-order valence-corrected chi connectivity index (χ0v) is 14.9. The van der Waals surface area contributed by atoms with Gasteiger partial charge in [0.05, 0.1) is 18.4 Å². The van der Waals surface area contributed by atoms with Gasteiger partial charge < -0.3 is 18.6 Å². The highest BCUT2D eigenvalue weighted by Crippen LogP contribution is 2.26. The average Bonchev–Trinajstić information content (AvgIpc) is 3.41. The average molecular weight is 367 g/mol. The first-order valence-corrected chi connectivity index (χ1v) is 9.05. The Morgan fingerprint density at radius 1 is 1.22 bits per heavy atom. The monoisotopic (exact) mass is 367 g/mol. The molecule has 0 bridgehead atoms. The number of amides is 1. The van der Waals surface area contributed by atoms with Crippen molar-refractivity contribution in [1.29, 1.82) is 0 Å². The summed E-state index contributed by atoms with van der Waals surface area (Å²) in [5.41, 5.74) is 1.66. The summed E-state index contributed by atoms with van der Waals surface area (Å²) in [5, 5.41) is 4.10. The Kier molecular flexibility index (Phi) is 5.29. The van der Waals surface area contributed by atoms with Crippen LogP contribution in [0.3, 0.4) is 0 Å². The zero-order valence-electron chi connectivity index (χ0n) is 14.9. The summed E-state index contributed by atoms with van der Waals surface area (Å²) in [7, 11) is 0. The predicted octanol–water partition coefficient (Wildman–Crippen LogP) is 3.40. The lowest BCUT2D eigenvalue weighted by Crippen LogP contribution is -2.39. The van der Waals surface area contributed by atoms with Crippen molar-refractivity contribution >= 4 is 5.91 Å². The van der Waals surface area contributed by atoms with E-state index in [-0.39, 0.29) is 18.4 Å². The van der Waals surface area contributed by atoms with Gasteiger partial charge >= 0.3 is 0 Å². The molecule has 0 N–H and O–H groups in total. The third-order valence-electron chi connectivity index (χ3n) is 4.66. The van der Waals surface area contributed by atoms with E-state index in [0.717, 1.165) is 24.9 Å². The number of piperidine rings is 1. The van der Waals surface area contributed by atoms with Crippen LogP contribution in [0.2, 0.25) is 0 Å². The number of nitrogens with zero attached hydrogens (tertiary/aromatic N) is 3. The summed E-state index contributed by atoms with van der Waals surface area (Å²) in [6.45, 7) is 2.07. The molecule has 1 atom stereocenters. The van der Waals surface area contributed by atoms with Crippen LogP contribution < -0.4 is 0 Å². The fourth-order valence-corrected chi connectivity index (χ4v) is 3.26. The number of furan rings is 1. The van der Waals surface area contributed by atoms with E-state index in [1.807, 2.05) is 35.2 Å². The maximum absolute atomic E-state index is 12.5. The molecule has 27 heavy (non-hydrogen) atoms. The van der Waals surface area contributed by atoms with E-state index in [2.05, 4.69) is 10.1 Å². The van der Waals surface area contributed by atoms with Gasteiger partial charge in [-0.3, -0.25) is 4.79 Å². The molecule has 0 radical (unpaired) electrons. The molecule has 3 aromatic rings. The van der Waals surface area contributed by atoms with Gasteiger partial charge in [-0.1, -0.05) is 35.5 Å². The largest absolute Gasteiger partial charge is 0.472 e. The van der Waals surface area contributed by atoms with Gasteiger partial charge in [0.1, 0.15) is 12.9 Å². The number of rotatable bonds is 6. The molecule has 1 amide bonds. The molecule has 2 aromatic heterocycles. The van der Waals surface area contributed by atoms with Gasteiger partial charge in [0.25, 0.3) is 11.8 Å². The highest BCUT2D eigenvalue weighted by atomic mass is 16.5. The molecule has 1 aliphatic heterocycles. The number of carbonyl (C=O) groups is 1. The molecule has 140 valence electrons. The minimum Gasteiger partial charge on any atom is -0.472 e. The Balaban J connectivity index is 1.33. The Morgan fingerprint density at radius 3 is 2.93 bits per heavy atom. The smallest absolute Gasteiger partial charge is 0.257 e. The summed E-state index contributed by atoms with van der Waals surface area (Å²) in [4.78, 5) is 18.8. The summed E-state index contributed by atoms with van der Waals surface area (Å²) < 4.78 is 16.0. The normalized spacial score (nSPS) is 17.2. The molecule has 0 spiro atoms. The fraction of sp³-hybridized carbons (Fsp3) is 0.350. The van der Waals surface area contributed by atoms with Crippen LogP contribution in [0, 0.1) is 0 Å². The van der Waals surface area contributed by atoms with E-state index in [0.29, 0.717) is 30.4 Å². The molecule has 7 nitrogen and oxygen atoms in total. The Bertz CT molecular complexity index is 861. The van der Waals surface area contributed by atoms with Gasteiger partial charge in [0, 0.05) is 19.0 Å². The minimum atomic E-state index is -0.0247. The molecule has 1 aromatic carbocycles. The van der Waals surface area contributed by atoms with Gasteiger partial charge in [0.15, 0.2) is 5.82 Å². The van der Waals surface area contributed by atoms with Crippen molar-refractivity contribution in [2.24, 2.45) is 0 Å². The highest BCUT2D eigenvalue weighted by molar-refractivity contribution is 5.93. The molecule has 1 aliphatic rings. The van der Waals surface area contributed by atoms with Crippen LogP contribution in [-0.2, 0) is 18.0 Å². The quantitative estimate of drug-likeness (QED) is 0.664. The number of aromatic nitrogens is 2. The lowest BCUT2D eigenvalue weighted by molar-refractivity contribution is 0.0703. The molecule has 1 fully saturated rings. The van der Waals surface area contributed by atoms with Crippen molar-refractivity contribution < 1.29 is 18.5 Å². The van der Waals surface area contributed by atoms with Crippen molar-refractivity contribution in [2.45, 2.75) is 32.0 Å². The van der Waals surface area contributed by atoms with Crippen LogP contribution >= 0.6 is 0 Å². The second-order valence-electron chi connectivity index (χ2n) is 6.63. The van der Waals surface area contributed by atoms with Crippen LogP contribution in [0.15, 0.2) is 57.9 Å². The standard InChI is InChI=1S/C20H21N3O4/c24-20(17-8-10-25-13-17)23-9-4-7-16(11-23)19-21-18(27-22-19)14-26-12-15-5-2-1-3-6-15/h1-3,5-6,8,10,13,16H,4,7,9,11-12,14H2. The number of hydrogen-bond donors (Lipinski definition) is 0. The predicted molar refractivity (Wildman–Crippen MR) is 95.8 cm³/mol. The first-order valence-electron chi connectivity index (χ1n) is 9.05. The molecule has 0 aliphatic carbocycles. The Morgan fingerprint density at radius 2 is 2.11 bits per heavy atom. The molecule has 3 heterocycles. The topological polar surface area (TPSA) is 81.6 Å². The zero-order chi connectivity index (χ0) is 18.5. The Labute approximate surface area is 156 Å². The summed E-state index contributed by atoms with van der Waals surface area (Å²) in [6, 6.07) is 11.6. The van der Waals surface area contributed by atoms with E-state index in [4.69, 9.17) is 13.7 Å². The van der Waals surface area contributed by atoms with E-state index in [1.165, 1.54) is 12.5 Å². The molecule has 1 saturated heterocycles. The van der Waals surface area contributed by atoms with Gasteiger partial charge in [-0.05, 0) is 24.5 Å². The molecule has 7 heteroatoms. The minimum absolute atomic E-state index is 0.0247. The van der Waals surface area contributed by atoms with Crippen LogP contribution in [-0.4, -0.2) is 34.0 Å². The number of ether oxygens (including phenoxy) is 1. The van der Waals surface area contributed by atoms with Gasteiger partial charge in [-0.2, -0.15) is 4.98 Å². The highest BCUT2D eigenvalue weighted by Gasteiger charge is 2.28. The van der Waals surface area contributed by atoms with Gasteiger partial charge in [0.2, 0.25) is 0 Å². The molecule has 1 unspecified atom stereocenters. The molecule has 0 saturated carbocycles. The van der Waals surface area contributed by atoms with Crippen molar-refractivity contribution in [3.63, 3.8) is 0 Å². The summed E-state index contributed by atoms with van der Waals surface area (Å²) in [5.74, 6) is 1.14. The molecular weight excluding hydrogens is 346 g/mol. The lowest BCUT2D eigenvalue weighted by atomic mass is 9.97. The lowest BCUT2D eigenvalue weighted by Gasteiger charge is -2.30. The second-order valence-corrected chi connectivity index (χ2v) is 6.63. The maximum atomic E-state index is 12.5. The fourth-order valence-electron chi connectivity index (χ4n) is 3.26. The van der Waals surface area contributed by atoms with Crippen LogP contribution in [0.5, 0.6) is 0 Å². The van der Waals surface area contributed by atoms with Gasteiger partial charge in [-0.25, -0.2) is 0 Å². The number of hydrogen-bond acceptors (Lipinski definition) is 6. The first kappa shape index (κ1) is 17.5. The molecular formula is C20H21N3O4. The third-order valence-corrected chi connectivity index (χ3v) is 4.66. The van der Waals surface area contributed by atoms with Crippen molar-refractivity contribution in [3.8, 4) is 0 Å². The second kappa shape index (κ2) is 8.18. The molecule has 4 rings (SSSR count). The SMILES string of the molecule is O=C(c1ccoc1)N1CCCC(c2noc(COCc3ccccc3)n2)C1. The first-order chi connectivity index (χ1) is 13.3.